The number of benzene rings is 8. The van der Waals surface area contributed by atoms with Gasteiger partial charge in [-0.1, -0.05) is 135 Å². The zero-order valence-corrected chi connectivity index (χ0v) is 29.5. The highest BCUT2D eigenvalue weighted by molar-refractivity contribution is 7.25. The molecule has 11 rings (SSSR count). The minimum absolute atomic E-state index is 0.0908. The van der Waals surface area contributed by atoms with Crippen molar-refractivity contribution in [1.82, 2.24) is 15.0 Å². The monoisotopic (exact) mass is 681 g/mol. The third kappa shape index (κ3) is 4.22. The van der Waals surface area contributed by atoms with Gasteiger partial charge in [-0.05, 0) is 84.9 Å². The Morgan fingerprint density at radius 3 is 1.88 bits per heavy atom. The molecule has 2 aromatic heterocycles. The minimum atomic E-state index is -0.0908. The Kier molecular flexibility index (Phi) is 6.17. The summed E-state index contributed by atoms with van der Waals surface area (Å²) >= 11 is 1.82. The first-order valence-electron chi connectivity index (χ1n) is 17.8. The lowest BCUT2D eigenvalue weighted by molar-refractivity contribution is 0.666. The van der Waals surface area contributed by atoms with Crippen molar-refractivity contribution in [2.24, 2.45) is 0 Å². The largest absolute Gasteiger partial charge is 0.208 e. The number of thiophene rings is 1. The Labute approximate surface area is 304 Å². The van der Waals surface area contributed by atoms with Crippen LogP contribution in [0.5, 0.6) is 0 Å². The van der Waals surface area contributed by atoms with Gasteiger partial charge in [-0.15, -0.1) is 11.3 Å². The Hall–Kier alpha value is -6.23. The summed E-state index contributed by atoms with van der Waals surface area (Å²) in [6.45, 7) is 4.74. The van der Waals surface area contributed by atoms with Gasteiger partial charge in [-0.25, -0.2) is 15.0 Å². The molecule has 0 radical (unpaired) electrons. The first-order chi connectivity index (χ1) is 25.5. The SMILES string of the molecule is CC1(C)c2ccccc2-c2c1c1ccccc1c1c2ccc2cc(-c3nc(-c4ccccc4)nc(-c4ccc5sc6ccccc6c5c4)n3)ccc21. The molecule has 0 fully saturated rings. The summed E-state index contributed by atoms with van der Waals surface area (Å²) in [4.78, 5) is 15.3. The topological polar surface area (TPSA) is 38.7 Å². The van der Waals surface area contributed by atoms with Gasteiger partial charge in [0.1, 0.15) is 0 Å². The molecular weight excluding hydrogens is 651 g/mol. The fourth-order valence-electron chi connectivity index (χ4n) is 8.68. The first-order valence-corrected chi connectivity index (χ1v) is 18.6. The van der Waals surface area contributed by atoms with Crippen LogP contribution in [0.2, 0.25) is 0 Å². The van der Waals surface area contributed by atoms with E-state index in [1.165, 1.54) is 69.4 Å². The Morgan fingerprint density at radius 1 is 0.442 bits per heavy atom. The summed E-state index contributed by atoms with van der Waals surface area (Å²) in [5, 5.41) is 10.1. The molecule has 0 unspecified atom stereocenters. The average molecular weight is 682 g/mol. The molecule has 244 valence electrons. The van der Waals surface area contributed by atoms with E-state index in [4.69, 9.17) is 15.0 Å². The second-order valence-corrected chi connectivity index (χ2v) is 15.5. The summed E-state index contributed by atoms with van der Waals surface area (Å²) in [6.07, 6.45) is 0. The van der Waals surface area contributed by atoms with E-state index in [1.807, 2.05) is 29.5 Å². The lowest BCUT2D eigenvalue weighted by atomic mass is 9.79. The molecule has 52 heavy (non-hydrogen) atoms. The van der Waals surface area contributed by atoms with Crippen LogP contribution in [-0.2, 0) is 5.41 Å². The van der Waals surface area contributed by atoms with Crippen LogP contribution >= 0.6 is 11.3 Å². The third-order valence-corrected chi connectivity index (χ3v) is 12.2. The second kappa shape index (κ2) is 10.9. The van der Waals surface area contributed by atoms with Gasteiger partial charge in [0.2, 0.25) is 0 Å². The predicted molar refractivity (Wildman–Crippen MR) is 219 cm³/mol. The standard InChI is InChI=1S/C48H31N3S/c1-48(2)39-18-10-8-17-36(39)43-37-24-20-29-26-30(21-23-32(29)42(37)34-15-6-7-16-35(34)44(43)48)46-49-45(28-12-4-3-5-13-28)50-47(51-46)31-22-25-41-38(27-31)33-14-9-11-19-40(33)52-41/h3-27H,1-2H3. The van der Waals surface area contributed by atoms with Crippen LogP contribution in [0.15, 0.2) is 152 Å². The van der Waals surface area contributed by atoms with Crippen LogP contribution in [0, 0.1) is 0 Å². The van der Waals surface area contributed by atoms with Crippen molar-refractivity contribution in [3.05, 3.63) is 163 Å². The summed E-state index contributed by atoms with van der Waals surface area (Å²) in [6, 6.07) is 54.6. The van der Waals surface area contributed by atoms with Crippen LogP contribution in [0.3, 0.4) is 0 Å². The van der Waals surface area contributed by atoms with Crippen LogP contribution < -0.4 is 0 Å². The Balaban J connectivity index is 1.13. The lowest BCUT2D eigenvalue weighted by Crippen LogP contribution is -2.15. The van der Waals surface area contributed by atoms with Gasteiger partial charge in [-0.2, -0.15) is 0 Å². The smallest absolute Gasteiger partial charge is 0.164 e. The third-order valence-electron chi connectivity index (χ3n) is 11.1. The number of rotatable bonds is 3. The molecule has 0 atom stereocenters. The lowest BCUT2D eigenvalue weighted by Gasteiger charge is -2.24. The summed E-state index contributed by atoms with van der Waals surface area (Å²) in [5.41, 5.74) is 8.34. The second-order valence-electron chi connectivity index (χ2n) is 14.4. The van der Waals surface area contributed by atoms with Crippen LogP contribution in [0.4, 0.5) is 0 Å². The molecule has 0 N–H and O–H groups in total. The van der Waals surface area contributed by atoms with Gasteiger partial charge < -0.3 is 0 Å². The molecule has 0 bridgehead atoms. The minimum Gasteiger partial charge on any atom is -0.208 e. The van der Waals surface area contributed by atoms with Crippen LogP contribution in [0.25, 0.3) is 97.8 Å². The van der Waals surface area contributed by atoms with Crippen molar-refractivity contribution in [3.63, 3.8) is 0 Å². The van der Waals surface area contributed by atoms with Crippen molar-refractivity contribution in [1.29, 1.82) is 0 Å². The van der Waals surface area contributed by atoms with Crippen LogP contribution in [0.1, 0.15) is 25.0 Å². The van der Waals surface area contributed by atoms with E-state index >= 15 is 0 Å². The fourth-order valence-corrected chi connectivity index (χ4v) is 9.77. The van der Waals surface area contributed by atoms with E-state index in [9.17, 15) is 0 Å². The Bertz CT molecular complexity index is 3100. The maximum absolute atomic E-state index is 5.16. The predicted octanol–water partition coefficient (Wildman–Crippen LogP) is 13.0. The molecule has 0 saturated carbocycles. The molecule has 1 aliphatic rings. The number of hydrogen-bond donors (Lipinski definition) is 0. The zero-order chi connectivity index (χ0) is 34.6. The quantitative estimate of drug-likeness (QED) is 0.174. The molecule has 0 aliphatic heterocycles. The van der Waals surface area contributed by atoms with Crippen molar-refractivity contribution in [2.45, 2.75) is 19.3 Å². The van der Waals surface area contributed by atoms with Gasteiger partial charge in [0, 0.05) is 42.3 Å². The van der Waals surface area contributed by atoms with E-state index in [-0.39, 0.29) is 5.41 Å². The van der Waals surface area contributed by atoms with Gasteiger partial charge in [0.05, 0.1) is 0 Å². The van der Waals surface area contributed by atoms with Crippen molar-refractivity contribution in [3.8, 4) is 45.3 Å². The summed E-state index contributed by atoms with van der Waals surface area (Å²) in [5.74, 6) is 2.00. The molecule has 0 saturated heterocycles. The molecule has 1 aliphatic carbocycles. The first kappa shape index (κ1) is 29.5. The molecule has 0 spiro atoms. The summed E-state index contributed by atoms with van der Waals surface area (Å²) < 4.78 is 2.54. The highest BCUT2D eigenvalue weighted by atomic mass is 32.1. The van der Waals surface area contributed by atoms with Gasteiger partial charge in [0.25, 0.3) is 0 Å². The van der Waals surface area contributed by atoms with Gasteiger partial charge in [0.15, 0.2) is 17.5 Å². The molecule has 2 heterocycles. The molecule has 3 nitrogen and oxygen atoms in total. The molecule has 4 heteroatoms. The highest BCUT2D eigenvalue weighted by Gasteiger charge is 2.38. The molecule has 8 aromatic carbocycles. The normalized spacial score (nSPS) is 13.3. The van der Waals surface area contributed by atoms with Crippen LogP contribution in [-0.4, -0.2) is 15.0 Å². The maximum atomic E-state index is 5.16. The number of fused-ring (bicyclic) bond motifs is 13. The average Bonchev–Trinajstić information content (AvgIpc) is 3.69. The van der Waals surface area contributed by atoms with E-state index < -0.39 is 0 Å². The fraction of sp³-hybridized carbons (Fsp3) is 0.0625. The summed E-state index contributed by atoms with van der Waals surface area (Å²) in [7, 11) is 0. The van der Waals surface area contributed by atoms with E-state index in [2.05, 4.69) is 147 Å². The van der Waals surface area contributed by atoms with E-state index in [0.717, 1.165) is 22.1 Å². The van der Waals surface area contributed by atoms with Crippen molar-refractivity contribution in [2.75, 3.05) is 0 Å². The van der Waals surface area contributed by atoms with E-state index in [1.54, 1.807) is 0 Å². The number of nitrogens with zero attached hydrogens (tertiary/aromatic N) is 3. The number of aromatic nitrogens is 3. The maximum Gasteiger partial charge on any atom is 0.164 e. The van der Waals surface area contributed by atoms with Gasteiger partial charge >= 0.3 is 0 Å². The molecular formula is C48H31N3S. The zero-order valence-electron chi connectivity index (χ0n) is 28.7. The Morgan fingerprint density at radius 2 is 1.06 bits per heavy atom. The molecule has 0 amide bonds. The highest BCUT2D eigenvalue weighted by Crippen LogP contribution is 2.55. The van der Waals surface area contributed by atoms with Gasteiger partial charge in [-0.3, -0.25) is 0 Å². The van der Waals surface area contributed by atoms with E-state index in [0.29, 0.717) is 17.5 Å². The number of hydrogen-bond acceptors (Lipinski definition) is 4. The van der Waals surface area contributed by atoms with Crippen molar-refractivity contribution >= 4 is 63.8 Å². The molecule has 10 aromatic rings. The van der Waals surface area contributed by atoms with Crippen molar-refractivity contribution < 1.29 is 0 Å².